The number of aliphatic hydroxyl groups is 2. The standard InChI is InChI=1S/C59H77FO7/c1-8-11-12-15-43-18-20-45(21-19-43)46-22-24-47(25-23-46)48-26-29-54(55(60)38-48)49-27-28-53(44(10-3)35-49)52-36-50(16-13-32-66-57(63)41(4)5)56(65-34-31-59(39-61,40-62)30-9-2)51(37-52)17-14-33-67-58(64)42(6)7/h22-29,35-38,43,45,61-62H,4,6,8-21,30-34,39-40H2,1-3,5,7H3. The second-order valence-electron chi connectivity index (χ2n) is 19.1. The molecule has 1 fully saturated rings. The number of carbonyl (C=O) groups is 2. The minimum Gasteiger partial charge on any atom is -0.493 e. The maximum absolute atomic E-state index is 16.2. The Morgan fingerprint density at radius 1 is 0.642 bits per heavy atom. The van der Waals surface area contributed by atoms with Gasteiger partial charge in [0.15, 0.2) is 0 Å². The van der Waals surface area contributed by atoms with Crippen molar-refractivity contribution in [1.29, 1.82) is 0 Å². The summed E-state index contributed by atoms with van der Waals surface area (Å²) in [6.07, 6.45) is 15.2. The number of ether oxygens (including phenoxy) is 3. The number of halogens is 1. The third kappa shape index (κ3) is 15.0. The molecule has 5 rings (SSSR count). The van der Waals surface area contributed by atoms with Gasteiger partial charge in [-0.3, -0.25) is 0 Å². The molecule has 0 spiro atoms. The Morgan fingerprint density at radius 3 is 1.75 bits per heavy atom. The molecule has 4 aromatic carbocycles. The van der Waals surface area contributed by atoms with Crippen molar-refractivity contribution in [3.8, 4) is 39.1 Å². The number of unbranched alkanes of at least 4 members (excludes halogenated alkanes) is 2. The van der Waals surface area contributed by atoms with Crippen LogP contribution in [0.5, 0.6) is 5.75 Å². The lowest BCUT2D eigenvalue weighted by molar-refractivity contribution is -0.139. The van der Waals surface area contributed by atoms with Crippen molar-refractivity contribution in [2.75, 3.05) is 33.0 Å². The van der Waals surface area contributed by atoms with Crippen LogP contribution >= 0.6 is 0 Å². The van der Waals surface area contributed by atoms with Gasteiger partial charge in [0.2, 0.25) is 0 Å². The number of aliphatic hydroxyl groups excluding tert-OH is 2. The molecule has 7 nitrogen and oxygen atoms in total. The Bertz CT molecular complexity index is 2190. The lowest BCUT2D eigenvalue weighted by Crippen LogP contribution is -2.31. The number of benzene rings is 4. The van der Waals surface area contributed by atoms with Crippen LogP contribution in [0.15, 0.2) is 97.1 Å². The van der Waals surface area contributed by atoms with E-state index in [9.17, 15) is 19.8 Å². The zero-order valence-electron chi connectivity index (χ0n) is 41.2. The molecule has 8 heteroatoms. The van der Waals surface area contributed by atoms with E-state index in [1.54, 1.807) is 19.9 Å². The predicted molar refractivity (Wildman–Crippen MR) is 271 cm³/mol. The molecule has 0 heterocycles. The fraction of sp³-hybridized carbons (Fsp3) is 0.492. The Labute approximate surface area is 400 Å². The third-order valence-corrected chi connectivity index (χ3v) is 13.8. The average molecular weight is 917 g/mol. The molecule has 4 aromatic rings. The van der Waals surface area contributed by atoms with Crippen LogP contribution in [-0.4, -0.2) is 55.2 Å². The molecule has 0 saturated heterocycles. The molecule has 1 aliphatic rings. The Hall–Kier alpha value is -5.05. The molecule has 0 amide bonds. The molecule has 0 bridgehead atoms. The molecule has 0 aromatic heterocycles. The first-order chi connectivity index (χ1) is 32.3. The van der Waals surface area contributed by atoms with Crippen LogP contribution in [0.1, 0.15) is 146 Å². The Balaban J connectivity index is 1.42. The van der Waals surface area contributed by atoms with Crippen LogP contribution < -0.4 is 4.74 Å². The maximum Gasteiger partial charge on any atom is 0.333 e. The zero-order chi connectivity index (χ0) is 48.3. The first-order valence-corrected chi connectivity index (χ1v) is 25.0. The van der Waals surface area contributed by atoms with Crippen LogP contribution in [0.4, 0.5) is 4.39 Å². The largest absolute Gasteiger partial charge is 0.493 e. The number of carbonyl (C=O) groups excluding carboxylic acids is 2. The van der Waals surface area contributed by atoms with Gasteiger partial charge in [0.1, 0.15) is 11.6 Å². The predicted octanol–water partition coefficient (Wildman–Crippen LogP) is 13.9. The summed E-state index contributed by atoms with van der Waals surface area (Å²) >= 11 is 0. The summed E-state index contributed by atoms with van der Waals surface area (Å²) in [6, 6.07) is 24.7. The highest BCUT2D eigenvalue weighted by molar-refractivity contribution is 5.87. The monoisotopic (exact) mass is 917 g/mol. The van der Waals surface area contributed by atoms with Gasteiger partial charge >= 0.3 is 11.9 Å². The lowest BCUT2D eigenvalue weighted by atomic mass is 9.77. The summed E-state index contributed by atoms with van der Waals surface area (Å²) in [6.45, 7) is 17.4. The van der Waals surface area contributed by atoms with Gasteiger partial charge in [0.25, 0.3) is 0 Å². The highest BCUT2D eigenvalue weighted by Gasteiger charge is 2.28. The van der Waals surface area contributed by atoms with Crippen molar-refractivity contribution < 1.29 is 38.4 Å². The number of hydrogen-bond acceptors (Lipinski definition) is 7. The number of aryl methyl sites for hydroxylation is 3. The van der Waals surface area contributed by atoms with E-state index in [-0.39, 0.29) is 38.9 Å². The third-order valence-electron chi connectivity index (χ3n) is 13.8. The summed E-state index contributed by atoms with van der Waals surface area (Å²) < 4.78 is 33.7. The van der Waals surface area contributed by atoms with Crippen LogP contribution in [0.2, 0.25) is 0 Å². The molecule has 0 aliphatic heterocycles. The molecule has 2 N–H and O–H groups in total. The number of esters is 2. The van der Waals surface area contributed by atoms with E-state index in [1.807, 2.05) is 25.1 Å². The summed E-state index contributed by atoms with van der Waals surface area (Å²) in [5.41, 5.74) is 9.45. The van der Waals surface area contributed by atoms with Gasteiger partial charge in [-0.05, 0) is 165 Å². The van der Waals surface area contributed by atoms with Crippen molar-refractivity contribution in [2.24, 2.45) is 11.3 Å². The molecule has 0 unspecified atom stereocenters. The van der Waals surface area contributed by atoms with Crippen LogP contribution in [0, 0.1) is 17.2 Å². The fourth-order valence-corrected chi connectivity index (χ4v) is 9.64. The van der Waals surface area contributed by atoms with Gasteiger partial charge in [-0.15, -0.1) is 0 Å². The molecular formula is C59H77FO7. The van der Waals surface area contributed by atoms with E-state index < -0.39 is 17.4 Å². The average Bonchev–Trinajstić information content (AvgIpc) is 3.34. The number of rotatable bonds is 27. The van der Waals surface area contributed by atoms with E-state index in [4.69, 9.17) is 14.2 Å². The zero-order valence-corrected chi connectivity index (χ0v) is 41.2. The summed E-state index contributed by atoms with van der Waals surface area (Å²) in [4.78, 5) is 24.5. The molecular weight excluding hydrogens is 840 g/mol. The Kier molecular flexibility index (Phi) is 20.9. The van der Waals surface area contributed by atoms with Crippen molar-refractivity contribution in [2.45, 2.75) is 143 Å². The quantitative estimate of drug-likeness (QED) is 0.0349. The van der Waals surface area contributed by atoms with Gasteiger partial charge in [0, 0.05) is 22.1 Å². The molecule has 1 saturated carbocycles. The Morgan fingerprint density at radius 2 is 1.21 bits per heavy atom. The topological polar surface area (TPSA) is 102 Å². The highest BCUT2D eigenvalue weighted by Crippen LogP contribution is 2.40. The van der Waals surface area contributed by atoms with E-state index in [1.165, 1.54) is 56.9 Å². The van der Waals surface area contributed by atoms with Gasteiger partial charge < -0.3 is 24.4 Å². The van der Waals surface area contributed by atoms with E-state index >= 15 is 4.39 Å². The first-order valence-electron chi connectivity index (χ1n) is 25.0. The molecule has 67 heavy (non-hydrogen) atoms. The van der Waals surface area contributed by atoms with Crippen molar-refractivity contribution in [3.63, 3.8) is 0 Å². The van der Waals surface area contributed by atoms with E-state index in [0.29, 0.717) is 73.3 Å². The second kappa shape index (κ2) is 26.5. The van der Waals surface area contributed by atoms with Gasteiger partial charge in [-0.25, -0.2) is 14.0 Å². The van der Waals surface area contributed by atoms with Gasteiger partial charge in [0.05, 0.1) is 33.0 Å². The minimum absolute atomic E-state index is 0.154. The second-order valence-corrected chi connectivity index (χ2v) is 19.1. The maximum atomic E-state index is 16.2. The van der Waals surface area contributed by atoms with Gasteiger partial charge in [-0.2, -0.15) is 0 Å². The van der Waals surface area contributed by atoms with Crippen LogP contribution in [-0.2, 0) is 38.3 Å². The minimum atomic E-state index is -0.669. The van der Waals surface area contributed by atoms with Gasteiger partial charge in [-0.1, -0.05) is 121 Å². The summed E-state index contributed by atoms with van der Waals surface area (Å²) in [5.74, 6) is 1.02. The van der Waals surface area contributed by atoms with E-state index in [0.717, 1.165) is 56.8 Å². The van der Waals surface area contributed by atoms with Crippen LogP contribution in [0.3, 0.4) is 0 Å². The van der Waals surface area contributed by atoms with Crippen molar-refractivity contribution >= 4 is 11.9 Å². The summed E-state index contributed by atoms with van der Waals surface area (Å²) in [5, 5.41) is 20.6. The normalized spacial score (nSPS) is 15.0. The highest BCUT2D eigenvalue weighted by atomic mass is 19.1. The van der Waals surface area contributed by atoms with Crippen LogP contribution in [0.25, 0.3) is 33.4 Å². The molecule has 362 valence electrons. The fourth-order valence-electron chi connectivity index (χ4n) is 9.64. The van der Waals surface area contributed by atoms with Crippen molar-refractivity contribution in [1.82, 2.24) is 0 Å². The number of hydrogen-bond donors (Lipinski definition) is 2. The molecule has 0 atom stereocenters. The first kappa shape index (κ1) is 52.9. The smallest absolute Gasteiger partial charge is 0.333 e. The summed E-state index contributed by atoms with van der Waals surface area (Å²) in [7, 11) is 0. The van der Waals surface area contributed by atoms with Crippen molar-refractivity contribution in [3.05, 3.63) is 125 Å². The SMILES string of the molecule is C=C(C)C(=O)OCCCc1cc(-c2ccc(-c3ccc(-c4ccc(C5CCC(CCCCC)CC5)cc4)cc3F)cc2CC)cc(CCCOC(=O)C(=C)C)c1OCCC(CO)(CO)CCC. The van der Waals surface area contributed by atoms with E-state index in [2.05, 4.69) is 75.5 Å². The lowest BCUT2D eigenvalue weighted by Gasteiger charge is -2.30. The molecule has 0 radical (unpaired) electrons. The molecule has 1 aliphatic carbocycles.